The van der Waals surface area contributed by atoms with Crippen molar-refractivity contribution in [2.75, 3.05) is 31.5 Å². The number of aryl methyl sites for hydroxylation is 1. The van der Waals surface area contributed by atoms with Gasteiger partial charge < -0.3 is 30.2 Å². The second-order valence-corrected chi connectivity index (χ2v) is 11.2. The Morgan fingerprint density at radius 1 is 1.21 bits per heavy atom. The molecule has 230 valence electrons. The van der Waals surface area contributed by atoms with Crippen LogP contribution in [0, 0.1) is 0 Å². The summed E-state index contributed by atoms with van der Waals surface area (Å²) in [6, 6.07) is 6.44. The highest BCUT2D eigenvalue weighted by molar-refractivity contribution is 7.90. The van der Waals surface area contributed by atoms with Gasteiger partial charge in [0.1, 0.15) is 38.5 Å². The number of methoxy groups -OCH3 is 2. The van der Waals surface area contributed by atoms with E-state index in [1.54, 1.807) is 18.2 Å². The summed E-state index contributed by atoms with van der Waals surface area (Å²) >= 11 is 0. The number of carbonyl (C=O) groups is 1. The van der Waals surface area contributed by atoms with Gasteiger partial charge in [-0.1, -0.05) is 6.58 Å². The summed E-state index contributed by atoms with van der Waals surface area (Å²) in [6.45, 7) is 3.37. The molecule has 3 rings (SSSR count). The van der Waals surface area contributed by atoms with Gasteiger partial charge in [0.25, 0.3) is 5.56 Å². The van der Waals surface area contributed by atoms with Crippen LogP contribution in [0.4, 0.5) is 18.9 Å². The first-order valence-electron chi connectivity index (χ1n) is 12.0. The van der Waals surface area contributed by atoms with Gasteiger partial charge in [0.15, 0.2) is 5.69 Å². The molecule has 43 heavy (non-hydrogen) atoms. The van der Waals surface area contributed by atoms with Gasteiger partial charge in [0.2, 0.25) is 0 Å². The third-order valence-electron chi connectivity index (χ3n) is 5.72. The maximum absolute atomic E-state index is 13.2. The van der Waals surface area contributed by atoms with Crippen LogP contribution in [0.1, 0.15) is 21.6 Å². The number of anilines is 1. The average Bonchev–Trinajstić information content (AvgIpc) is 3.43. The Morgan fingerprint density at radius 2 is 1.84 bits per heavy atom. The number of nitrogens with two attached hydrogens (primary N) is 1. The number of pyridine rings is 1. The Balaban J connectivity index is 2.16. The number of aliphatic imine (C=N–C) groups is 1. The first-order chi connectivity index (χ1) is 20.0. The number of hydrogen-bond donors (Lipinski definition) is 3. The lowest BCUT2D eigenvalue weighted by molar-refractivity contribution is -0.141. The van der Waals surface area contributed by atoms with Crippen molar-refractivity contribution in [3.63, 3.8) is 0 Å². The molecule has 3 aromatic rings. The molecule has 0 atom stereocenters. The molecule has 0 fully saturated rings. The van der Waals surface area contributed by atoms with E-state index in [0.29, 0.717) is 27.9 Å². The monoisotopic (exact) mass is 624 g/mol. The second-order valence-electron chi connectivity index (χ2n) is 8.95. The van der Waals surface area contributed by atoms with E-state index in [9.17, 15) is 36.3 Å². The van der Waals surface area contributed by atoms with Gasteiger partial charge in [-0.25, -0.2) is 22.9 Å². The number of nitrogens with zero attached hydrogens (tertiary/aromatic N) is 4. The minimum Gasteiger partial charge on any atom is -0.497 e. The molecule has 13 nitrogen and oxygen atoms in total. The number of aromatic nitrogens is 3. The lowest BCUT2D eigenvalue weighted by Gasteiger charge is -2.14. The van der Waals surface area contributed by atoms with Gasteiger partial charge >= 0.3 is 12.1 Å². The van der Waals surface area contributed by atoms with Crippen LogP contribution < -0.4 is 26.1 Å². The zero-order valence-corrected chi connectivity index (χ0v) is 23.9. The molecule has 0 aliphatic heterocycles. The quantitative estimate of drug-likeness (QED) is 0.254. The molecule has 0 saturated heterocycles. The SMILES string of the molecule is C=C(/N=C\C(=C(/N)n1ccc(C(F)(F)F)n1)c1cc(C(=O)O)c(=O)n(CCS(C)(=O)=O)c1)Nc1cc(OC)cc(OC)c1. The summed E-state index contributed by atoms with van der Waals surface area (Å²) in [7, 11) is -0.666. The summed E-state index contributed by atoms with van der Waals surface area (Å²) in [5, 5.41) is 16.0. The number of rotatable bonds is 12. The molecular formula is C26H27F3N6O7S. The van der Waals surface area contributed by atoms with Crippen molar-refractivity contribution in [3.05, 3.63) is 82.3 Å². The molecule has 2 heterocycles. The number of aromatic carboxylic acids is 1. The second kappa shape index (κ2) is 12.8. The number of nitrogens with one attached hydrogen (secondary N) is 1. The van der Waals surface area contributed by atoms with Crippen molar-refractivity contribution in [3.8, 4) is 11.5 Å². The Hall–Kier alpha value is -5.06. The van der Waals surface area contributed by atoms with Gasteiger partial charge in [-0.15, -0.1) is 0 Å². The summed E-state index contributed by atoms with van der Waals surface area (Å²) in [5.41, 5.74) is 3.38. The third kappa shape index (κ3) is 8.48. The standard InChI is InChI=1S/C26H27F3N6O7S/c1-15(32-17-10-18(41-2)12-19(11-17)42-3)31-13-21(23(30)35-6-5-22(33-35)26(27,28)29)16-9-20(25(37)38)24(36)34(14-16)7-8-43(4,39)40/h5-6,9-14,32H,1,7-8,30H2,2-4H3,(H,37,38)/b23-21-,31-13-. The number of sulfone groups is 1. The van der Waals surface area contributed by atoms with E-state index in [0.717, 1.165) is 35.5 Å². The van der Waals surface area contributed by atoms with Crippen LogP contribution in [-0.4, -0.2) is 66.3 Å². The maximum atomic E-state index is 13.2. The molecule has 0 aliphatic carbocycles. The van der Waals surface area contributed by atoms with E-state index < -0.39 is 56.9 Å². The zero-order chi connectivity index (χ0) is 32.1. The lowest BCUT2D eigenvalue weighted by Crippen LogP contribution is -2.29. The molecule has 0 amide bonds. The summed E-state index contributed by atoms with van der Waals surface area (Å²) < 4.78 is 75.1. The van der Waals surface area contributed by atoms with Gasteiger partial charge in [0.05, 0.1) is 20.0 Å². The van der Waals surface area contributed by atoms with E-state index in [1.165, 1.54) is 14.2 Å². The number of hydrogen-bond acceptors (Lipinski definition) is 10. The van der Waals surface area contributed by atoms with E-state index in [4.69, 9.17) is 15.2 Å². The van der Waals surface area contributed by atoms with Crippen LogP contribution in [0.5, 0.6) is 11.5 Å². The fourth-order valence-corrected chi connectivity index (χ4v) is 4.14. The van der Waals surface area contributed by atoms with Crippen LogP contribution in [0.25, 0.3) is 11.4 Å². The van der Waals surface area contributed by atoms with Crippen molar-refractivity contribution >= 4 is 39.1 Å². The van der Waals surface area contributed by atoms with E-state index in [1.807, 2.05) is 0 Å². The highest BCUT2D eigenvalue weighted by Crippen LogP contribution is 2.29. The first-order valence-corrected chi connectivity index (χ1v) is 14.1. The van der Waals surface area contributed by atoms with Crippen molar-refractivity contribution in [2.45, 2.75) is 12.7 Å². The Morgan fingerprint density at radius 3 is 2.35 bits per heavy atom. The largest absolute Gasteiger partial charge is 0.497 e. The Kier molecular flexibility index (Phi) is 9.70. The van der Waals surface area contributed by atoms with E-state index in [-0.39, 0.29) is 17.0 Å². The minimum absolute atomic E-state index is 0.000841. The van der Waals surface area contributed by atoms with Gasteiger partial charge in [0, 0.05) is 66.4 Å². The molecule has 0 aliphatic rings. The van der Waals surface area contributed by atoms with Crippen LogP contribution in [0.2, 0.25) is 0 Å². The van der Waals surface area contributed by atoms with Crippen LogP contribution in [0.3, 0.4) is 0 Å². The number of ether oxygens (including phenoxy) is 2. The van der Waals surface area contributed by atoms with Crippen molar-refractivity contribution < 1.29 is 41.0 Å². The lowest BCUT2D eigenvalue weighted by atomic mass is 10.1. The molecule has 0 bridgehead atoms. The van der Waals surface area contributed by atoms with Gasteiger partial charge in [-0.2, -0.15) is 18.3 Å². The number of carboxylic acids is 1. The van der Waals surface area contributed by atoms with Crippen molar-refractivity contribution in [1.82, 2.24) is 14.3 Å². The minimum atomic E-state index is -4.79. The molecule has 0 spiro atoms. The topological polar surface area (TPSA) is 180 Å². The maximum Gasteiger partial charge on any atom is 0.435 e. The van der Waals surface area contributed by atoms with E-state index in [2.05, 4.69) is 22.0 Å². The number of allylic oxidation sites excluding steroid dienone is 1. The molecule has 0 saturated carbocycles. The first kappa shape index (κ1) is 32.5. The summed E-state index contributed by atoms with van der Waals surface area (Å²) in [4.78, 5) is 28.8. The van der Waals surface area contributed by atoms with Crippen molar-refractivity contribution in [1.29, 1.82) is 0 Å². The predicted octanol–water partition coefficient (Wildman–Crippen LogP) is 2.76. The molecule has 4 N–H and O–H groups in total. The Labute approximate surface area is 243 Å². The summed E-state index contributed by atoms with van der Waals surface area (Å²) in [5.74, 6) is -1.68. The number of carboxylic acid groups (broad SMARTS) is 1. The smallest absolute Gasteiger partial charge is 0.435 e. The number of alkyl halides is 3. The molecule has 2 aromatic heterocycles. The van der Waals surface area contributed by atoms with E-state index >= 15 is 0 Å². The predicted molar refractivity (Wildman–Crippen MR) is 153 cm³/mol. The normalized spacial score (nSPS) is 12.6. The number of benzene rings is 1. The van der Waals surface area contributed by atoms with Gasteiger partial charge in [-0.05, 0) is 12.1 Å². The molecule has 0 radical (unpaired) electrons. The molecular weight excluding hydrogens is 597 g/mol. The van der Waals surface area contributed by atoms with Crippen LogP contribution in [-0.2, 0) is 22.6 Å². The molecule has 0 unspecified atom stereocenters. The highest BCUT2D eigenvalue weighted by atomic mass is 32.2. The van der Waals surface area contributed by atoms with Crippen LogP contribution in [0.15, 0.2) is 64.9 Å². The van der Waals surface area contributed by atoms with Gasteiger partial charge in [-0.3, -0.25) is 4.79 Å². The fraction of sp³-hybridized carbons (Fsp3) is 0.231. The number of halogens is 3. The summed E-state index contributed by atoms with van der Waals surface area (Å²) in [6.07, 6.45) is -0.734. The molecule has 17 heteroatoms. The fourth-order valence-electron chi connectivity index (χ4n) is 3.61. The zero-order valence-electron chi connectivity index (χ0n) is 23.0. The van der Waals surface area contributed by atoms with Crippen molar-refractivity contribution in [2.24, 2.45) is 10.7 Å². The average molecular weight is 625 g/mol. The van der Waals surface area contributed by atoms with Crippen LogP contribution >= 0.6 is 0 Å². The Bertz CT molecular complexity index is 1750. The third-order valence-corrected chi connectivity index (χ3v) is 6.65. The highest BCUT2D eigenvalue weighted by Gasteiger charge is 2.34. The molecule has 1 aromatic carbocycles.